The largest absolute Gasteiger partial charge is 0.480 e. The topological polar surface area (TPSA) is 52.6 Å². The molecule has 2 aliphatic rings. The highest BCUT2D eigenvalue weighted by atomic mass is 16.4. The Balaban J connectivity index is 1.81. The molecule has 0 aromatic heterocycles. The third kappa shape index (κ3) is 3.45. The standard InChI is InChI=1S/C14H26N2O2/c1-3-14(13(17)18,15-11-5-6-11)9-4-10-16(2)12-7-8-12/h11-12,15H,3-10H2,1-2H3,(H,17,18). The normalized spacial score (nSPS) is 23.1. The summed E-state index contributed by atoms with van der Waals surface area (Å²) < 4.78 is 0. The van der Waals surface area contributed by atoms with Gasteiger partial charge in [-0.3, -0.25) is 10.1 Å². The van der Waals surface area contributed by atoms with E-state index in [0.29, 0.717) is 12.5 Å². The highest BCUT2D eigenvalue weighted by molar-refractivity contribution is 5.78. The van der Waals surface area contributed by atoms with Gasteiger partial charge in [-0.05, 0) is 58.5 Å². The maximum atomic E-state index is 11.6. The van der Waals surface area contributed by atoms with Crippen LogP contribution < -0.4 is 5.32 Å². The van der Waals surface area contributed by atoms with Crippen LogP contribution in [-0.2, 0) is 4.79 Å². The van der Waals surface area contributed by atoms with Crippen molar-refractivity contribution in [3.8, 4) is 0 Å². The van der Waals surface area contributed by atoms with Gasteiger partial charge in [0.2, 0.25) is 0 Å². The van der Waals surface area contributed by atoms with Crippen LogP contribution in [0.25, 0.3) is 0 Å². The van der Waals surface area contributed by atoms with Gasteiger partial charge in [0.25, 0.3) is 0 Å². The summed E-state index contributed by atoms with van der Waals surface area (Å²) in [6, 6.07) is 1.21. The Morgan fingerprint density at radius 1 is 1.39 bits per heavy atom. The Bertz CT molecular complexity index is 300. The first-order chi connectivity index (χ1) is 8.57. The minimum absolute atomic E-state index is 0.446. The van der Waals surface area contributed by atoms with Crippen LogP contribution in [0.4, 0.5) is 0 Å². The molecule has 0 amide bonds. The molecular weight excluding hydrogens is 228 g/mol. The molecule has 1 atom stereocenters. The van der Waals surface area contributed by atoms with Crippen molar-refractivity contribution < 1.29 is 9.90 Å². The highest BCUT2D eigenvalue weighted by Crippen LogP contribution is 2.29. The van der Waals surface area contributed by atoms with Gasteiger partial charge < -0.3 is 10.0 Å². The molecule has 0 spiro atoms. The molecule has 18 heavy (non-hydrogen) atoms. The number of carboxylic acids is 1. The molecule has 0 heterocycles. The number of hydrogen-bond acceptors (Lipinski definition) is 3. The van der Waals surface area contributed by atoms with E-state index in [9.17, 15) is 9.90 Å². The average molecular weight is 254 g/mol. The average Bonchev–Trinajstić information content (AvgIpc) is 3.19. The van der Waals surface area contributed by atoms with E-state index in [4.69, 9.17) is 0 Å². The molecule has 2 rings (SSSR count). The van der Waals surface area contributed by atoms with E-state index in [1.165, 1.54) is 12.8 Å². The minimum atomic E-state index is -0.689. The monoisotopic (exact) mass is 254 g/mol. The molecule has 0 saturated heterocycles. The summed E-state index contributed by atoms with van der Waals surface area (Å²) >= 11 is 0. The van der Waals surface area contributed by atoms with E-state index in [0.717, 1.165) is 38.3 Å². The van der Waals surface area contributed by atoms with Crippen LogP contribution in [0.2, 0.25) is 0 Å². The maximum Gasteiger partial charge on any atom is 0.323 e. The van der Waals surface area contributed by atoms with Crippen molar-refractivity contribution in [1.29, 1.82) is 0 Å². The van der Waals surface area contributed by atoms with E-state index in [1.807, 2.05) is 6.92 Å². The van der Waals surface area contributed by atoms with Gasteiger partial charge in [-0.15, -0.1) is 0 Å². The predicted molar refractivity (Wildman–Crippen MR) is 71.7 cm³/mol. The fraction of sp³-hybridized carbons (Fsp3) is 0.929. The Labute approximate surface area is 110 Å². The molecule has 4 heteroatoms. The zero-order chi connectivity index (χ0) is 13.2. The lowest BCUT2D eigenvalue weighted by Gasteiger charge is -2.30. The van der Waals surface area contributed by atoms with Crippen LogP contribution in [0, 0.1) is 0 Å². The van der Waals surface area contributed by atoms with Gasteiger partial charge in [0.05, 0.1) is 0 Å². The maximum absolute atomic E-state index is 11.6. The Hall–Kier alpha value is -0.610. The van der Waals surface area contributed by atoms with E-state index in [-0.39, 0.29) is 0 Å². The van der Waals surface area contributed by atoms with Gasteiger partial charge in [-0.1, -0.05) is 6.92 Å². The number of carboxylic acid groups (broad SMARTS) is 1. The number of rotatable bonds is 9. The molecule has 2 aliphatic carbocycles. The molecule has 0 bridgehead atoms. The number of nitrogens with one attached hydrogen (secondary N) is 1. The third-order valence-corrected chi connectivity index (χ3v) is 4.36. The molecule has 0 radical (unpaired) electrons. The summed E-state index contributed by atoms with van der Waals surface area (Å²) in [4.78, 5) is 13.9. The number of aliphatic carboxylic acids is 1. The van der Waals surface area contributed by atoms with E-state index < -0.39 is 11.5 Å². The lowest BCUT2D eigenvalue weighted by molar-refractivity contribution is -0.145. The van der Waals surface area contributed by atoms with Crippen LogP contribution in [0.15, 0.2) is 0 Å². The SMILES string of the molecule is CCC(CCCN(C)C1CC1)(NC1CC1)C(=O)O. The summed E-state index contributed by atoms with van der Waals surface area (Å²) in [7, 11) is 2.15. The molecule has 1 unspecified atom stereocenters. The molecule has 104 valence electrons. The predicted octanol–water partition coefficient (Wildman–Crippen LogP) is 1.85. The van der Waals surface area contributed by atoms with Gasteiger partial charge in [0.15, 0.2) is 0 Å². The lowest BCUT2D eigenvalue weighted by Crippen LogP contribution is -2.53. The van der Waals surface area contributed by atoms with Crippen molar-refractivity contribution in [2.24, 2.45) is 0 Å². The Morgan fingerprint density at radius 3 is 2.50 bits per heavy atom. The van der Waals surface area contributed by atoms with Crippen molar-refractivity contribution in [3.63, 3.8) is 0 Å². The summed E-state index contributed by atoms with van der Waals surface area (Å²) in [5.74, 6) is -0.675. The fourth-order valence-electron chi connectivity index (χ4n) is 2.62. The summed E-state index contributed by atoms with van der Waals surface area (Å²) in [5, 5.41) is 12.9. The van der Waals surface area contributed by atoms with Crippen molar-refractivity contribution in [2.75, 3.05) is 13.6 Å². The van der Waals surface area contributed by atoms with Crippen LogP contribution in [-0.4, -0.2) is 47.2 Å². The summed E-state index contributed by atoms with van der Waals surface area (Å²) in [6.45, 7) is 3.00. The Morgan fingerprint density at radius 2 is 2.06 bits per heavy atom. The molecule has 0 aromatic carbocycles. The highest BCUT2D eigenvalue weighted by Gasteiger charge is 2.40. The van der Waals surface area contributed by atoms with Crippen molar-refractivity contribution in [2.45, 2.75) is 69.5 Å². The third-order valence-electron chi connectivity index (χ3n) is 4.36. The molecular formula is C14H26N2O2. The smallest absolute Gasteiger partial charge is 0.323 e. The van der Waals surface area contributed by atoms with E-state index in [2.05, 4.69) is 17.3 Å². The molecule has 2 saturated carbocycles. The van der Waals surface area contributed by atoms with Crippen molar-refractivity contribution >= 4 is 5.97 Å². The lowest BCUT2D eigenvalue weighted by atomic mass is 9.90. The van der Waals surface area contributed by atoms with Crippen molar-refractivity contribution in [3.05, 3.63) is 0 Å². The van der Waals surface area contributed by atoms with Gasteiger partial charge in [-0.25, -0.2) is 0 Å². The first-order valence-electron chi connectivity index (χ1n) is 7.29. The summed E-state index contributed by atoms with van der Waals surface area (Å²) in [5.41, 5.74) is -0.689. The second-order valence-corrected chi connectivity index (χ2v) is 5.97. The van der Waals surface area contributed by atoms with Crippen LogP contribution >= 0.6 is 0 Å². The second kappa shape index (κ2) is 5.57. The zero-order valence-corrected chi connectivity index (χ0v) is 11.6. The number of carbonyl (C=O) groups is 1. The minimum Gasteiger partial charge on any atom is -0.480 e. The molecule has 2 N–H and O–H groups in total. The van der Waals surface area contributed by atoms with E-state index in [1.54, 1.807) is 0 Å². The zero-order valence-electron chi connectivity index (χ0n) is 11.6. The molecule has 0 aromatic rings. The molecule has 4 nitrogen and oxygen atoms in total. The van der Waals surface area contributed by atoms with Crippen LogP contribution in [0.5, 0.6) is 0 Å². The fourth-order valence-corrected chi connectivity index (χ4v) is 2.62. The van der Waals surface area contributed by atoms with Gasteiger partial charge >= 0.3 is 5.97 Å². The molecule has 0 aliphatic heterocycles. The van der Waals surface area contributed by atoms with Crippen LogP contribution in [0.1, 0.15) is 51.9 Å². The number of hydrogen-bond donors (Lipinski definition) is 2. The first-order valence-corrected chi connectivity index (χ1v) is 7.29. The molecule has 2 fully saturated rings. The van der Waals surface area contributed by atoms with Crippen molar-refractivity contribution in [1.82, 2.24) is 10.2 Å². The Kier molecular flexibility index (Phi) is 4.28. The van der Waals surface area contributed by atoms with E-state index >= 15 is 0 Å². The van der Waals surface area contributed by atoms with Gasteiger partial charge in [-0.2, -0.15) is 0 Å². The quantitative estimate of drug-likeness (QED) is 0.659. The van der Waals surface area contributed by atoms with Gasteiger partial charge in [0, 0.05) is 12.1 Å². The number of nitrogens with zero attached hydrogens (tertiary/aromatic N) is 1. The summed E-state index contributed by atoms with van der Waals surface area (Å²) in [6.07, 6.45) is 7.28. The second-order valence-electron chi connectivity index (χ2n) is 5.97. The first kappa shape index (κ1) is 13.8. The van der Waals surface area contributed by atoms with Crippen LogP contribution in [0.3, 0.4) is 0 Å². The van der Waals surface area contributed by atoms with Gasteiger partial charge in [0.1, 0.15) is 5.54 Å².